The zero-order valence-electron chi connectivity index (χ0n) is 11.2. The van der Waals surface area contributed by atoms with E-state index in [0.29, 0.717) is 25.8 Å². The number of ether oxygens (including phenoxy) is 1. The fourth-order valence-electron chi connectivity index (χ4n) is 1.63. The van der Waals surface area contributed by atoms with Crippen molar-refractivity contribution in [2.45, 2.75) is 19.9 Å². The molecule has 1 fully saturated rings. The number of rotatable bonds is 6. The van der Waals surface area contributed by atoms with Gasteiger partial charge in [-0.2, -0.15) is 0 Å². The van der Waals surface area contributed by atoms with Crippen LogP contribution in [0.1, 0.15) is 13.8 Å². The van der Waals surface area contributed by atoms with Crippen molar-refractivity contribution in [1.29, 1.82) is 0 Å². The summed E-state index contributed by atoms with van der Waals surface area (Å²) in [5.41, 5.74) is 0. The maximum atomic E-state index is 11.8. The van der Waals surface area contributed by atoms with Gasteiger partial charge in [0.25, 0.3) is 0 Å². The molecule has 17 heavy (non-hydrogen) atoms. The first-order valence-corrected chi connectivity index (χ1v) is 6.37. The lowest BCUT2D eigenvalue weighted by atomic mass is 10.3. The number of morpholine rings is 1. The molecule has 0 saturated carbocycles. The maximum absolute atomic E-state index is 11.8. The highest BCUT2D eigenvalue weighted by Gasteiger charge is 2.15. The molecule has 100 valence electrons. The van der Waals surface area contributed by atoms with E-state index in [1.54, 1.807) is 0 Å². The summed E-state index contributed by atoms with van der Waals surface area (Å²) < 4.78 is 5.21. The Morgan fingerprint density at radius 3 is 2.65 bits per heavy atom. The molecule has 1 rings (SSSR count). The van der Waals surface area contributed by atoms with Gasteiger partial charge in [0.05, 0.1) is 19.8 Å². The number of carbonyl (C=O) groups excluding carboxylic acids is 1. The van der Waals surface area contributed by atoms with E-state index in [4.69, 9.17) is 4.74 Å². The molecule has 1 heterocycles. The highest BCUT2D eigenvalue weighted by molar-refractivity contribution is 5.78. The normalized spacial score (nSPS) is 16.9. The molecule has 1 N–H and O–H groups in total. The number of nitrogens with zero attached hydrogens (tertiary/aromatic N) is 2. The van der Waals surface area contributed by atoms with Gasteiger partial charge in [0.15, 0.2) is 0 Å². The summed E-state index contributed by atoms with van der Waals surface area (Å²) in [7, 11) is 2.09. The van der Waals surface area contributed by atoms with Crippen LogP contribution in [0, 0.1) is 0 Å². The average molecular weight is 243 g/mol. The third-order valence-electron chi connectivity index (χ3n) is 3.16. The quantitative estimate of drug-likeness (QED) is 0.655. The lowest BCUT2D eigenvalue weighted by Crippen LogP contribution is -2.45. The van der Waals surface area contributed by atoms with Crippen LogP contribution in [-0.4, -0.2) is 74.7 Å². The van der Waals surface area contributed by atoms with Crippen LogP contribution in [0.4, 0.5) is 0 Å². The second kappa shape index (κ2) is 7.63. The van der Waals surface area contributed by atoms with E-state index in [1.165, 1.54) is 0 Å². The maximum Gasteiger partial charge on any atom is 0.236 e. The van der Waals surface area contributed by atoms with Gasteiger partial charge in [-0.25, -0.2) is 0 Å². The van der Waals surface area contributed by atoms with Crippen LogP contribution in [0.25, 0.3) is 0 Å². The molecule has 1 amide bonds. The number of nitrogens with one attached hydrogen (secondary N) is 1. The lowest BCUT2D eigenvalue weighted by Gasteiger charge is -2.27. The van der Waals surface area contributed by atoms with Gasteiger partial charge >= 0.3 is 0 Å². The fraction of sp³-hybridized carbons (Fsp3) is 0.917. The van der Waals surface area contributed by atoms with Gasteiger partial charge in [-0.1, -0.05) is 0 Å². The highest BCUT2D eigenvalue weighted by atomic mass is 16.5. The van der Waals surface area contributed by atoms with E-state index in [-0.39, 0.29) is 5.91 Å². The van der Waals surface area contributed by atoms with Gasteiger partial charge in [0.1, 0.15) is 0 Å². The molecule has 5 nitrogen and oxygen atoms in total. The van der Waals surface area contributed by atoms with Crippen molar-refractivity contribution in [1.82, 2.24) is 15.1 Å². The van der Waals surface area contributed by atoms with Crippen molar-refractivity contribution < 1.29 is 9.53 Å². The predicted octanol–water partition coefficient (Wildman–Crippen LogP) is -0.225. The van der Waals surface area contributed by atoms with Gasteiger partial charge in [0.2, 0.25) is 5.91 Å². The summed E-state index contributed by atoms with van der Waals surface area (Å²) in [4.78, 5) is 15.9. The van der Waals surface area contributed by atoms with Gasteiger partial charge in [-0.05, 0) is 20.9 Å². The van der Waals surface area contributed by atoms with Gasteiger partial charge in [-0.15, -0.1) is 0 Å². The molecule has 0 aromatic rings. The molecule has 1 aliphatic rings. The molecule has 0 spiro atoms. The van der Waals surface area contributed by atoms with Gasteiger partial charge in [-0.3, -0.25) is 4.79 Å². The van der Waals surface area contributed by atoms with Crippen LogP contribution in [0.2, 0.25) is 0 Å². The van der Waals surface area contributed by atoms with Crippen molar-refractivity contribution in [3.05, 3.63) is 0 Å². The lowest BCUT2D eigenvalue weighted by molar-refractivity contribution is -0.134. The number of carbonyl (C=O) groups is 1. The Morgan fingerprint density at radius 1 is 1.41 bits per heavy atom. The van der Waals surface area contributed by atoms with Crippen LogP contribution < -0.4 is 5.32 Å². The summed E-state index contributed by atoms with van der Waals surface area (Å²) in [6.45, 7) is 9.38. The van der Waals surface area contributed by atoms with Crippen LogP contribution >= 0.6 is 0 Å². The molecule has 0 atom stereocenters. The minimum absolute atomic E-state index is 0.181. The average Bonchev–Trinajstić information content (AvgIpc) is 2.35. The highest BCUT2D eigenvalue weighted by Crippen LogP contribution is 1.96. The molecule has 0 aromatic carbocycles. The number of hydrogen-bond acceptors (Lipinski definition) is 4. The summed E-state index contributed by atoms with van der Waals surface area (Å²) in [6.07, 6.45) is 0. The van der Waals surface area contributed by atoms with Crippen LogP contribution in [0.15, 0.2) is 0 Å². The van der Waals surface area contributed by atoms with Crippen LogP contribution in [0.5, 0.6) is 0 Å². The van der Waals surface area contributed by atoms with Crippen LogP contribution in [-0.2, 0) is 9.53 Å². The Bertz CT molecular complexity index is 228. The van der Waals surface area contributed by atoms with Gasteiger partial charge in [0, 0.05) is 32.2 Å². The van der Waals surface area contributed by atoms with Crippen molar-refractivity contribution in [3.63, 3.8) is 0 Å². The first-order chi connectivity index (χ1) is 8.11. The molecule has 5 heteroatoms. The Kier molecular flexibility index (Phi) is 6.47. The Labute approximate surface area is 104 Å². The number of likely N-dealkylation sites (N-methyl/N-ethyl adjacent to an activating group) is 1. The summed E-state index contributed by atoms with van der Waals surface area (Å²) >= 11 is 0. The molecule has 0 aromatic heterocycles. The Balaban J connectivity index is 2.07. The van der Waals surface area contributed by atoms with Crippen LogP contribution in [0.3, 0.4) is 0 Å². The molecule has 0 bridgehead atoms. The first kappa shape index (κ1) is 14.4. The predicted molar refractivity (Wildman–Crippen MR) is 68.0 cm³/mol. The summed E-state index contributed by atoms with van der Waals surface area (Å²) in [6, 6.07) is 0.548. The monoisotopic (exact) mass is 243 g/mol. The largest absolute Gasteiger partial charge is 0.378 e. The van der Waals surface area contributed by atoms with Gasteiger partial charge < -0.3 is 19.9 Å². The molecular weight excluding hydrogens is 218 g/mol. The molecule has 1 saturated heterocycles. The van der Waals surface area contributed by atoms with E-state index in [0.717, 1.165) is 26.2 Å². The van der Waals surface area contributed by atoms with E-state index in [2.05, 4.69) is 31.1 Å². The summed E-state index contributed by atoms with van der Waals surface area (Å²) in [5.74, 6) is 0.181. The fourth-order valence-corrected chi connectivity index (χ4v) is 1.63. The van der Waals surface area contributed by atoms with Crippen molar-refractivity contribution in [2.75, 3.05) is 53.0 Å². The number of hydrogen-bond donors (Lipinski definition) is 1. The van der Waals surface area contributed by atoms with Crippen molar-refractivity contribution in [2.24, 2.45) is 0 Å². The standard InChI is InChI=1S/C12H25N3O2/c1-11(2)14(3)5-4-13-10-12(16)15-6-8-17-9-7-15/h11,13H,4-10H2,1-3H3. The Morgan fingerprint density at radius 2 is 2.06 bits per heavy atom. The Hall–Kier alpha value is -0.650. The van der Waals surface area contributed by atoms with Crippen molar-refractivity contribution >= 4 is 5.91 Å². The van der Waals surface area contributed by atoms with E-state index >= 15 is 0 Å². The second-order valence-electron chi connectivity index (χ2n) is 4.74. The zero-order valence-corrected chi connectivity index (χ0v) is 11.2. The smallest absolute Gasteiger partial charge is 0.236 e. The minimum atomic E-state index is 0.181. The zero-order chi connectivity index (χ0) is 12.7. The van der Waals surface area contributed by atoms with E-state index in [9.17, 15) is 4.79 Å². The number of amides is 1. The third-order valence-corrected chi connectivity index (χ3v) is 3.16. The van der Waals surface area contributed by atoms with Crippen molar-refractivity contribution in [3.8, 4) is 0 Å². The third kappa shape index (κ3) is 5.48. The molecule has 0 aliphatic carbocycles. The van der Waals surface area contributed by atoms with E-state index in [1.807, 2.05) is 4.90 Å². The second-order valence-corrected chi connectivity index (χ2v) is 4.74. The minimum Gasteiger partial charge on any atom is -0.378 e. The topological polar surface area (TPSA) is 44.8 Å². The SMILES string of the molecule is CC(C)N(C)CCNCC(=O)N1CCOCC1. The summed E-state index contributed by atoms with van der Waals surface area (Å²) in [5, 5.41) is 3.19. The molecule has 0 radical (unpaired) electrons. The molecular formula is C12H25N3O2. The molecule has 0 unspecified atom stereocenters. The first-order valence-electron chi connectivity index (χ1n) is 6.37. The molecule has 1 aliphatic heterocycles. The van der Waals surface area contributed by atoms with E-state index < -0.39 is 0 Å².